The van der Waals surface area contributed by atoms with Crippen LogP contribution in [-0.2, 0) is 4.74 Å². The summed E-state index contributed by atoms with van der Waals surface area (Å²) in [6, 6.07) is 14.7. The second-order valence-electron chi connectivity index (χ2n) is 7.99. The first-order valence-corrected chi connectivity index (χ1v) is 10.9. The molecule has 1 fully saturated rings. The van der Waals surface area contributed by atoms with Gasteiger partial charge in [-0.25, -0.2) is 8.78 Å². The number of allylic oxidation sites excluding steroid dienone is 1. The first-order chi connectivity index (χ1) is 16.0. The van der Waals surface area contributed by atoms with Gasteiger partial charge in [0.1, 0.15) is 12.4 Å². The number of hydrogen-bond donors (Lipinski definition) is 1. The van der Waals surface area contributed by atoms with Gasteiger partial charge in [-0.2, -0.15) is 4.39 Å². The van der Waals surface area contributed by atoms with Gasteiger partial charge < -0.3 is 14.6 Å². The molecule has 0 amide bonds. The van der Waals surface area contributed by atoms with Gasteiger partial charge in [0.05, 0.1) is 18.8 Å². The molecule has 4 rings (SSSR count). The Bertz CT molecular complexity index is 1130. The number of rotatable bonds is 6. The van der Waals surface area contributed by atoms with Crippen molar-refractivity contribution >= 4 is 0 Å². The van der Waals surface area contributed by atoms with Crippen molar-refractivity contribution in [2.24, 2.45) is 0 Å². The lowest BCUT2D eigenvalue weighted by Gasteiger charge is -2.26. The zero-order chi connectivity index (χ0) is 23.4. The molecule has 1 heterocycles. The van der Waals surface area contributed by atoms with Gasteiger partial charge in [-0.1, -0.05) is 48.6 Å². The Morgan fingerprint density at radius 3 is 2.33 bits per heavy atom. The molecular formula is C27H25F3O3. The van der Waals surface area contributed by atoms with E-state index in [9.17, 15) is 18.3 Å². The molecule has 0 aliphatic carbocycles. The van der Waals surface area contributed by atoms with Crippen LogP contribution in [0.1, 0.15) is 31.4 Å². The van der Waals surface area contributed by atoms with Gasteiger partial charge in [-0.05, 0) is 54.7 Å². The molecule has 172 valence electrons. The first kappa shape index (κ1) is 23.1. The molecule has 2 atom stereocenters. The predicted molar refractivity (Wildman–Crippen MR) is 121 cm³/mol. The number of halogens is 3. The van der Waals surface area contributed by atoms with E-state index >= 15 is 0 Å². The molecule has 3 aromatic rings. The summed E-state index contributed by atoms with van der Waals surface area (Å²) in [4.78, 5) is 0. The maximum absolute atomic E-state index is 14.8. The molecule has 0 aromatic heterocycles. The van der Waals surface area contributed by atoms with Crippen LogP contribution in [0.25, 0.3) is 22.3 Å². The fraction of sp³-hybridized carbons (Fsp3) is 0.259. The van der Waals surface area contributed by atoms with Crippen molar-refractivity contribution in [2.75, 3.05) is 13.2 Å². The van der Waals surface area contributed by atoms with E-state index in [4.69, 9.17) is 9.47 Å². The summed E-state index contributed by atoms with van der Waals surface area (Å²) in [5.74, 6) is -2.53. The van der Waals surface area contributed by atoms with Gasteiger partial charge in [-0.3, -0.25) is 0 Å². The van der Waals surface area contributed by atoms with Crippen LogP contribution in [0.2, 0.25) is 0 Å². The van der Waals surface area contributed by atoms with Gasteiger partial charge >= 0.3 is 0 Å². The normalized spacial score (nSPS) is 18.6. The van der Waals surface area contributed by atoms with Gasteiger partial charge in [0, 0.05) is 11.1 Å². The van der Waals surface area contributed by atoms with Gasteiger partial charge in [0.15, 0.2) is 11.6 Å². The maximum atomic E-state index is 14.8. The summed E-state index contributed by atoms with van der Waals surface area (Å²) in [6.45, 7) is 2.17. The third-order valence-corrected chi connectivity index (χ3v) is 5.75. The van der Waals surface area contributed by atoms with E-state index < -0.39 is 17.7 Å². The molecule has 1 saturated heterocycles. The highest BCUT2D eigenvalue weighted by Gasteiger charge is 2.24. The van der Waals surface area contributed by atoms with Crippen LogP contribution in [0.5, 0.6) is 5.75 Å². The second-order valence-corrected chi connectivity index (χ2v) is 7.99. The molecule has 2 unspecified atom stereocenters. The summed E-state index contributed by atoms with van der Waals surface area (Å²) >= 11 is 0. The number of ether oxygens (including phenoxy) is 2. The Morgan fingerprint density at radius 2 is 1.67 bits per heavy atom. The molecule has 0 saturated carbocycles. The highest BCUT2D eigenvalue weighted by molar-refractivity contribution is 5.71. The van der Waals surface area contributed by atoms with E-state index in [1.807, 2.05) is 6.92 Å². The van der Waals surface area contributed by atoms with E-state index in [1.54, 1.807) is 48.6 Å². The number of aliphatic hydroxyl groups is 1. The maximum Gasteiger partial charge on any atom is 0.201 e. The minimum Gasteiger partial charge on any atom is -0.486 e. The standard InChI is InChI=1S/C27H25F3O3/c1-2-3-14-32-25-13-11-21(26(29)27(25)30)18-6-4-17(5-7-18)19-8-10-22(23(28)15-19)24-12-9-20(31)16-33-24/h2-8,10-11,13,15,20,24,31H,9,12,14,16H2,1H3/b3-2+. The van der Waals surface area contributed by atoms with Crippen molar-refractivity contribution in [1.82, 2.24) is 0 Å². The van der Waals surface area contributed by atoms with Gasteiger partial charge in [0.2, 0.25) is 5.82 Å². The zero-order valence-electron chi connectivity index (χ0n) is 18.2. The van der Waals surface area contributed by atoms with Crippen molar-refractivity contribution < 1.29 is 27.8 Å². The molecular weight excluding hydrogens is 429 g/mol. The smallest absolute Gasteiger partial charge is 0.201 e. The van der Waals surface area contributed by atoms with E-state index in [0.29, 0.717) is 29.5 Å². The van der Waals surface area contributed by atoms with Crippen molar-refractivity contribution in [3.05, 3.63) is 89.8 Å². The van der Waals surface area contributed by atoms with Gasteiger partial charge in [0.25, 0.3) is 0 Å². The molecule has 1 N–H and O–H groups in total. The lowest BCUT2D eigenvalue weighted by atomic mass is 9.95. The number of benzene rings is 3. The summed E-state index contributed by atoms with van der Waals surface area (Å²) in [7, 11) is 0. The number of aliphatic hydroxyl groups excluding tert-OH is 1. The van der Waals surface area contributed by atoms with Gasteiger partial charge in [-0.15, -0.1) is 0 Å². The minimum atomic E-state index is -1.03. The lowest BCUT2D eigenvalue weighted by Crippen LogP contribution is -2.25. The second kappa shape index (κ2) is 10.2. The Balaban J connectivity index is 1.53. The molecule has 0 bridgehead atoms. The Hall–Kier alpha value is -3.09. The first-order valence-electron chi connectivity index (χ1n) is 10.9. The van der Waals surface area contributed by atoms with Crippen molar-refractivity contribution in [3.8, 4) is 28.0 Å². The van der Waals surface area contributed by atoms with E-state index in [1.165, 1.54) is 18.2 Å². The highest BCUT2D eigenvalue weighted by atomic mass is 19.2. The van der Waals surface area contributed by atoms with E-state index in [-0.39, 0.29) is 36.4 Å². The van der Waals surface area contributed by atoms with Crippen LogP contribution in [0.4, 0.5) is 13.2 Å². The summed E-state index contributed by atoms with van der Waals surface area (Å²) < 4.78 is 54.6. The quantitative estimate of drug-likeness (QED) is 0.426. The van der Waals surface area contributed by atoms with Crippen LogP contribution < -0.4 is 4.74 Å². The molecule has 0 spiro atoms. The van der Waals surface area contributed by atoms with Crippen molar-refractivity contribution in [3.63, 3.8) is 0 Å². The van der Waals surface area contributed by atoms with Crippen molar-refractivity contribution in [1.29, 1.82) is 0 Å². The Morgan fingerprint density at radius 1 is 0.939 bits per heavy atom. The molecule has 33 heavy (non-hydrogen) atoms. The van der Waals surface area contributed by atoms with Crippen molar-refractivity contribution in [2.45, 2.75) is 32.0 Å². The minimum absolute atomic E-state index is 0.121. The highest BCUT2D eigenvalue weighted by Crippen LogP contribution is 2.34. The Kier molecular flexibility index (Phi) is 7.16. The summed E-state index contributed by atoms with van der Waals surface area (Å²) in [6.07, 6.45) is 3.74. The molecule has 0 radical (unpaired) electrons. The van der Waals surface area contributed by atoms with Crippen LogP contribution in [0.3, 0.4) is 0 Å². The van der Waals surface area contributed by atoms with Crippen LogP contribution in [-0.4, -0.2) is 24.4 Å². The van der Waals surface area contributed by atoms with Crippen LogP contribution in [0, 0.1) is 17.5 Å². The average molecular weight is 454 g/mol. The third-order valence-electron chi connectivity index (χ3n) is 5.75. The average Bonchev–Trinajstić information content (AvgIpc) is 2.83. The third kappa shape index (κ3) is 5.13. The molecule has 1 aliphatic rings. The molecule has 3 aromatic carbocycles. The fourth-order valence-corrected chi connectivity index (χ4v) is 3.89. The fourth-order valence-electron chi connectivity index (χ4n) is 3.89. The molecule has 3 nitrogen and oxygen atoms in total. The summed E-state index contributed by atoms with van der Waals surface area (Å²) in [5, 5.41) is 9.56. The summed E-state index contributed by atoms with van der Waals surface area (Å²) in [5.41, 5.74) is 2.50. The monoisotopic (exact) mass is 454 g/mol. The van der Waals surface area contributed by atoms with E-state index in [2.05, 4.69) is 0 Å². The predicted octanol–water partition coefficient (Wildman–Crippen LogP) is 6.61. The molecule has 1 aliphatic heterocycles. The van der Waals surface area contributed by atoms with Crippen LogP contribution in [0.15, 0.2) is 66.7 Å². The SMILES string of the molecule is C/C=C/COc1ccc(-c2ccc(-c3ccc(C4CCC(O)CO4)c(F)c3)cc2)c(F)c1F. The molecule has 6 heteroatoms. The topological polar surface area (TPSA) is 38.7 Å². The largest absolute Gasteiger partial charge is 0.486 e. The van der Waals surface area contributed by atoms with E-state index in [0.717, 1.165) is 5.56 Å². The Labute approximate surface area is 191 Å². The van der Waals surface area contributed by atoms with Crippen LogP contribution >= 0.6 is 0 Å². The zero-order valence-corrected chi connectivity index (χ0v) is 18.2. The lowest BCUT2D eigenvalue weighted by molar-refractivity contribution is -0.0580. The number of hydrogen-bond acceptors (Lipinski definition) is 3.